The van der Waals surface area contributed by atoms with Gasteiger partial charge in [0, 0.05) is 37.6 Å². The highest BCUT2D eigenvalue weighted by Crippen LogP contribution is 2.40. The molecule has 1 amide bonds. The number of nitrogens with zero attached hydrogens (tertiary/aromatic N) is 2. The Kier molecular flexibility index (Phi) is 6.65. The van der Waals surface area contributed by atoms with E-state index < -0.39 is 17.7 Å². The van der Waals surface area contributed by atoms with Crippen molar-refractivity contribution in [1.29, 1.82) is 0 Å². The van der Waals surface area contributed by atoms with E-state index in [-0.39, 0.29) is 11.9 Å². The van der Waals surface area contributed by atoms with Crippen LogP contribution < -0.4 is 15.1 Å². The molecular formula is C29H30F3N3O. The third-order valence-electron chi connectivity index (χ3n) is 7.33. The van der Waals surface area contributed by atoms with E-state index in [1.54, 1.807) is 6.07 Å². The van der Waals surface area contributed by atoms with Crippen LogP contribution in [0.25, 0.3) is 0 Å². The van der Waals surface area contributed by atoms with Gasteiger partial charge in [-0.3, -0.25) is 4.79 Å². The molecule has 2 atom stereocenters. The number of nitrogens with one attached hydrogen (secondary N) is 1. The van der Waals surface area contributed by atoms with Crippen LogP contribution in [0.1, 0.15) is 22.3 Å². The standard InChI is InChI=1S/C29H30F3N3O/c1-20-7-10-24(11-8-20)34-15-16-35-26-12-9-23(29(30,31)32)17-22(26)18-25(27(35)19-34)28(36)33-14-13-21-5-3-2-4-6-21/h2-12,17,25,27H,13-16,18-19H2,1H3,(H,33,36). The number of anilines is 2. The summed E-state index contributed by atoms with van der Waals surface area (Å²) in [5.74, 6) is -0.542. The van der Waals surface area contributed by atoms with E-state index >= 15 is 0 Å². The molecule has 1 fully saturated rings. The van der Waals surface area contributed by atoms with E-state index in [0.717, 1.165) is 29.5 Å². The van der Waals surface area contributed by atoms with Crippen LogP contribution in [0, 0.1) is 12.8 Å². The third kappa shape index (κ3) is 5.06. The minimum Gasteiger partial charge on any atom is -0.368 e. The molecule has 2 aliphatic heterocycles. The van der Waals surface area contributed by atoms with Crippen LogP contribution >= 0.6 is 0 Å². The number of amides is 1. The first-order valence-electron chi connectivity index (χ1n) is 12.4. The molecule has 2 heterocycles. The molecule has 5 rings (SSSR count). The van der Waals surface area contributed by atoms with Gasteiger partial charge in [-0.2, -0.15) is 13.2 Å². The molecular weight excluding hydrogens is 463 g/mol. The van der Waals surface area contributed by atoms with E-state index in [9.17, 15) is 18.0 Å². The second-order valence-electron chi connectivity index (χ2n) is 9.72. The number of aryl methyl sites for hydroxylation is 1. The van der Waals surface area contributed by atoms with Crippen molar-refractivity contribution in [2.24, 2.45) is 5.92 Å². The molecule has 2 unspecified atom stereocenters. The fourth-order valence-electron chi connectivity index (χ4n) is 5.40. The Labute approximate surface area is 209 Å². The number of halogens is 3. The van der Waals surface area contributed by atoms with Crippen molar-refractivity contribution in [2.45, 2.75) is 32.0 Å². The van der Waals surface area contributed by atoms with Crippen LogP contribution in [-0.2, 0) is 23.8 Å². The number of hydrogen-bond donors (Lipinski definition) is 1. The fraction of sp³-hybridized carbons (Fsp3) is 0.345. The first kappa shape index (κ1) is 24.2. The SMILES string of the molecule is Cc1ccc(N2CCN3c4ccc(C(F)(F)F)cc4CC(C(=O)NCCc4ccccc4)C3C2)cc1. The molecule has 3 aromatic rings. The number of rotatable bonds is 5. The first-order chi connectivity index (χ1) is 17.3. The second-order valence-corrected chi connectivity index (χ2v) is 9.72. The van der Waals surface area contributed by atoms with Crippen molar-refractivity contribution in [3.8, 4) is 0 Å². The lowest BCUT2D eigenvalue weighted by Gasteiger charge is -2.49. The molecule has 0 saturated carbocycles. The van der Waals surface area contributed by atoms with Crippen molar-refractivity contribution in [1.82, 2.24) is 5.32 Å². The van der Waals surface area contributed by atoms with Crippen molar-refractivity contribution in [3.05, 3.63) is 95.1 Å². The van der Waals surface area contributed by atoms with Gasteiger partial charge in [0.1, 0.15) is 0 Å². The molecule has 0 spiro atoms. The number of piperazine rings is 1. The molecule has 7 heteroatoms. The monoisotopic (exact) mass is 493 g/mol. The van der Waals surface area contributed by atoms with E-state index in [1.165, 1.54) is 11.6 Å². The van der Waals surface area contributed by atoms with Crippen molar-refractivity contribution in [2.75, 3.05) is 36.0 Å². The van der Waals surface area contributed by atoms with Gasteiger partial charge >= 0.3 is 6.18 Å². The third-order valence-corrected chi connectivity index (χ3v) is 7.33. The highest BCUT2D eigenvalue weighted by atomic mass is 19.4. The molecule has 2 aliphatic rings. The Bertz CT molecular complexity index is 1210. The first-order valence-corrected chi connectivity index (χ1v) is 12.4. The summed E-state index contributed by atoms with van der Waals surface area (Å²) in [5, 5.41) is 3.07. The summed E-state index contributed by atoms with van der Waals surface area (Å²) in [5.41, 5.74) is 4.15. The van der Waals surface area contributed by atoms with Gasteiger partial charge in [0.25, 0.3) is 0 Å². The van der Waals surface area contributed by atoms with Crippen LogP contribution in [0.3, 0.4) is 0 Å². The molecule has 0 radical (unpaired) electrons. The van der Waals surface area contributed by atoms with Crippen LogP contribution in [-0.4, -0.2) is 38.1 Å². The number of alkyl halides is 3. The Morgan fingerprint density at radius 2 is 1.75 bits per heavy atom. The quantitative estimate of drug-likeness (QED) is 0.528. The Morgan fingerprint density at radius 1 is 1.00 bits per heavy atom. The molecule has 0 aromatic heterocycles. The number of hydrogen-bond acceptors (Lipinski definition) is 3. The van der Waals surface area contributed by atoms with Gasteiger partial charge in [0.2, 0.25) is 5.91 Å². The van der Waals surface area contributed by atoms with Crippen molar-refractivity contribution >= 4 is 17.3 Å². The fourth-order valence-corrected chi connectivity index (χ4v) is 5.40. The number of benzene rings is 3. The molecule has 1 saturated heterocycles. The number of carbonyl (C=O) groups excluding carboxylic acids is 1. The van der Waals surface area contributed by atoms with Gasteiger partial charge in [-0.25, -0.2) is 0 Å². The van der Waals surface area contributed by atoms with E-state index in [2.05, 4.69) is 39.4 Å². The maximum atomic E-state index is 13.4. The normalized spacial score (nSPS) is 19.4. The number of carbonyl (C=O) groups is 1. The summed E-state index contributed by atoms with van der Waals surface area (Å²) in [6, 6.07) is 22.1. The van der Waals surface area contributed by atoms with Gasteiger partial charge in [-0.15, -0.1) is 0 Å². The predicted octanol–water partition coefficient (Wildman–Crippen LogP) is 5.24. The Morgan fingerprint density at radius 3 is 2.47 bits per heavy atom. The minimum atomic E-state index is -4.41. The smallest absolute Gasteiger partial charge is 0.368 e. The van der Waals surface area contributed by atoms with Crippen LogP contribution in [0.2, 0.25) is 0 Å². The molecule has 0 bridgehead atoms. The maximum Gasteiger partial charge on any atom is 0.416 e. The Hall–Kier alpha value is -3.48. The predicted molar refractivity (Wildman–Crippen MR) is 136 cm³/mol. The lowest BCUT2D eigenvalue weighted by Crippen LogP contribution is -2.61. The number of fused-ring (bicyclic) bond motifs is 3. The zero-order valence-corrected chi connectivity index (χ0v) is 20.3. The highest BCUT2D eigenvalue weighted by molar-refractivity contribution is 5.82. The van der Waals surface area contributed by atoms with Crippen molar-refractivity contribution in [3.63, 3.8) is 0 Å². The van der Waals surface area contributed by atoms with Gasteiger partial charge < -0.3 is 15.1 Å². The molecule has 1 N–H and O–H groups in total. The van der Waals surface area contributed by atoms with Crippen LogP contribution in [0.4, 0.5) is 24.5 Å². The van der Waals surface area contributed by atoms with Gasteiger partial charge in [-0.05, 0) is 61.2 Å². The minimum absolute atomic E-state index is 0.102. The topological polar surface area (TPSA) is 35.6 Å². The van der Waals surface area contributed by atoms with Gasteiger partial charge in [0.15, 0.2) is 0 Å². The summed E-state index contributed by atoms with van der Waals surface area (Å²) in [4.78, 5) is 17.9. The molecule has 36 heavy (non-hydrogen) atoms. The van der Waals surface area contributed by atoms with E-state index in [4.69, 9.17) is 0 Å². The summed E-state index contributed by atoms with van der Waals surface area (Å²) in [7, 11) is 0. The van der Waals surface area contributed by atoms with Crippen LogP contribution in [0.15, 0.2) is 72.8 Å². The Balaban J connectivity index is 1.40. The second kappa shape index (κ2) is 9.88. The van der Waals surface area contributed by atoms with Crippen molar-refractivity contribution < 1.29 is 18.0 Å². The average molecular weight is 494 g/mol. The average Bonchev–Trinajstić information content (AvgIpc) is 2.88. The summed E-state index contributed by atoms with van der Waals surface area (Å²) in [6.07, 6.45) is -3.42. The molecule has 0 aliphatic carbocycles. The summed E-state index contributed by atoms with van der Waals surface area (Å²) in [6.45, 7) is 4.56. The lowest BCUT2D eigenvalue weighted by atomic mass is 9.82. The molecule has 4 nitrogen and oxygen atoms in total. The van der Waals surface area contributed by atoms with Gasteiger partial charge in [0.05, 0.1) is 17.5 Å². The van der Waals surface area contributed by atoms with E-state index in [0.29, 0.717) is 38.0 Å². The summed E-state index contributed by atoms with van der Waals surface area (Å²) >= 11 is 0. The van der Waals surface area contributed by atoms with Gasteiger partial charge in [-0.1, -0.05) is 48.0 Å². The zero-order chi connectivity index (χ0) is 25.3. The summed E-state index contributed by atoms with van der Waals surface area (Å²) < 4.78 is 40.3. The van der Waals surface area contributed by atoms with E-state index in [1.807, 2.05) is 37.3 Å². The zero-order valence-electron chi connectivity index (χ0n) is 20.3. The lowest BCUT2D eigenvalue weighted by molar-refractivity contribution is -0.137. The maximum absolute atomic E-state index is 13.4. The largest absolute Gasteiger partial charge is 0.416 e. The highest BCUT2D eigenvalue weighted by Gasteiger charge is 2.42. The molecule has 188 valence electrons. The molecule has 3 aromatic carbocycles. The van der Waals surface area contributed by atoms with Crippen LogP contribution in [0.5, 0.6) is 0 Å².